The molecule has 19 heavy (non-hydrogen) atoms. The third kappa shape index (κ3) is 2.78. The molecule has 4 N–H and O–H groups in total. The molecule has 0 aliphatic heterocycles. The van der Waals surface area contributed by atoms with Crippen LogP contribution in [0.15, 0.2) is 12.1 Å². The van der Waals surface area contributed by atoms with E-state index in [-0.39, 0.29) is 11.3 Å². The van der Waals surface area contributed by atoms with Gasteiger partial charge in [0.1, 0.15) is 19.3 Å². The monoisotopic (exact) mass is 267 g/mol. The fourth-order valence-corrected chi connectivity index (χ4v) is 1.60. The van der Waals surface area contributed by atoms with Crippen molar-refractivity contribution >= 4 is 7.85 Å². The smallest absolute Gasteiger partial charge is 0.164 e. The molecule has 2 radical (unpaired) electrons. The van der Waals surface area contributed by atoms with Crippen LogP contribution in [0.5, 0.6) is 17.2 Å². The highest BCUT2D eigenvalue weighted by Gasteiger charge is 2.42. The number of rotatable bonds is 5. The highest BCUT2D eigenvalue weighted by molar-refractivity contribution is 6.15. The second-order valence-corrected chi connectivity index (χ2v) is 4.32. The lowest BCUT2D eigenvalue weighted by atomic mass is 9.68. The normalized spacial score (nSPS) is 17.2. The van der Waals surface area contributed by atoms with Gasteiger partial charge in [-0.1, -0.05) is 0 Å². The van der Waals surface area contributed by atoms with Crippen LogP contribution in [0.4, 0.5) is 0 Å². The molecule has 104 valence electrons. The number of hydrogen-bond donors (Lipinski definition) is 3. The number of nitrogens with two attached hydrogens (primary N) is 1. The van der Waals surface area contributed by atoms with Gasteiger partial charge >= 0.3 is 0 Å². The molecule has 0 heterocycles. The van der Waals surface area contributed by atoms with Crippen molar-refractivity contribution in [2.45, 2.75) is 18.1 Å². The molecule has 0 fully saturated rings. The maximum atomic E-state index is 10.2. The molecule has 0 aliphatic rings. The molecule has 0 aliphatic carbocycles. The third-order valence-corrected chi connectivity index (χ3v) is 2.89. The molecule has 0 spiro atoms. The van der Waals surface area contributed by atoms with Crippen LogP contribution in [-0.2, 0) is 5.50 Å². The Morgan fingerprint density at radius 3 is 1.79 bits per heavy atom. The molecule has 7 heteroatoms. The topological polar surface area (TPSA) is 94.2 Å². The van der Waals surface area contributed by atoms with E-state index < -0.39 is 11.2 Å². The Kier molecular flexibility index (Phi) is 4.34. The van der Waals surface area contributed by atoms with Gasteiger partial charge in [-0.25, -0.2) is 0 Å². The van der Waals surface area contributed by atoms with E-state index in [0.717, 1.165) is 0 Å². The summed E-state index contributed by atoms with van der Waals surface area (Å²) in [5, 5.41) is 20.0. The SMILES string of the molecule is [B]C(O)(c1cc(OC)c(OC)cc1OC)C(C)(N)O. The van der Waals surface area contributed by atoms with Gasteiger partial charge in [0.2, 0.25) is 0 Å². The average Bonchev–Trinajstić information content (AvgIpc) is 2.35. The van der Waals surface area contributed by atoms with E-state index in [1.807, 2.05) is 0 Å². The van der Waals surface area contributed by atoms with E-state index in [1.54, 1.807) is 0 Å². The third-order valence-electron chi connectivity index (χ3n) is 2.89. The van der Waals surface area contributed by atoms with Crippen LogP contribution in [0.2, 0.25) is 0 Å². The fourth-order valence-electron chi connectivity index (χ4n) is 1.60. The van der Waals surface area contributed by atoms with E-state index in [1.165, 1.54) is 40.4 Å². The molecule has 2 unspecified atom stereocenters. The van der Waals surface area contributed by atoms with Crippen molar-refractivity contribution in [2.24, 2.45) is 5.73 Å². The van der Waals surface area contributed by atoms with Gasteiger partial charge in [0.25, 0.3) is 0 Å². The van der Waals surface area contributed by atoms with Crippen LogP contribution < -0.4 is 19.9 Å². The number of benzene rings is 1. The lowest BCUT2D eigenvalue weighted by Gasteiger charge is -2.37. The Balaban J connectivity index is 3.50. The minimum Gasteiger partial charge on any atom is -0.496 e. The summed E-state index contributed by atoms with van der Waals surface area (Å²) in [4.78, 5) is 0. The maximum Gasteiger partial charge on any atom is 0.164 e. The zero-order valence-electron chi connectivity index (χ0n) is 11.4. The Bertz CT molecular complexity index is 456. The van der Waals surface area contributed by atoms with Crippen molar-refractivity contribution in [3.8, 4) is 17.2 Å². The summed E-state index contributed by atoms with van der Waals surface area (Å²) >= 11 is 0. The van der Waals surface area contributed by atoms with Gasteiger partial charge in [-0.3, -0.25) is 0 Å². The van der Waals surface area contributed by atoms with Crippen LogP contribution in [0, 0.1) is 0 Å². The summed E-state index contributed by atoms with van der Waals surface area (Å²) in [7, 11) is 10.0. The molecule has 1 rings (SSSR count). The number of hydrogen-bond acceptors (Lipinski definition) is 6. The zero-order chi connectivity index (χ0) is 14.8. The molecule has 0 saturated carbocycles. The number of ether oxygens (including phenoxy) is 3. The Morgan fingerprint density at radius 2 is 1.42 bits per heavy atom. The van der Waals surface area contributed by atoms with Gasteiger partial charge < -0.3 is 30.2 Å². The Labute approximate surface area is 113 Å². The first kappa shape index (κ1) is 15.6. The molecule has 1 aromatic rings. The van der Waals surface area contributed by atoms with E-state index in [4.69, 9.17) is 27.8 Å². The molecular formula is C12H18BNO5. The molecule has 0 bridgehead atoms. The first-order chi connectivity index (χ1) is 8.68. The molecule has 0 saturated heterocycles. The maximum absolute atomic E-state index is 10.2. The van der Waals surface area contributed by atoms with E-state index >= 15 is 0 Å². The minimum atomic E-state index is -2.22. The van der Waals surface area contributed by atoms with E-state index in [0.29, 0.717) is 11.5 Å². The highest BCUT2D eigenvalue weighted by atomic mass is 16.5. The van der Waals surface area contributed by atoms with E-state index in [9.17, 15) is 10.2 Å². The summed E-state index contributed by atoms with van der Waals surface area (Å²) in [6, 6.07) is 2.89. The summed E-state index contributed by atoms with van der Waals surface area (Å²) in [6.07, 6.45) is 0. The van der Waals surface area contributed by atoms with Crippen molar-refractivity contribution in [3.05, 3.63) is 17.7 Å². The van der Waals surface area contributed by atoms with Gasteiger partial charge in [-0.15, -0.1) is 0 Å². The zero-order valence-corrected chi connectivity index (χ0v) is 11.4. The lowest BCUT2D eigenvalue weighted by molar-refractivity contribution is -0.0910. The minimum absolute atomic E-state index is 0.0835. The van der Waals surface area contributed by atoms with Gasteiger partial charge in [-0.2, -0.15) is 0 Å². The Morgan fingerprint density at radius 1 is 1.00 bits per heavy atom. The number of methoxy groups -OCH3 is 3. The van der Waals surface area contributed by atoms with Crippen molar-refractivity contribution in [3.63, 3.8) is 0 Å². The second kappa shape index (κ2) is 5.28. The predicted octanol–water partition coefficient (Wildman–Crippen LogP) is -0.307. The van der Waals surface area contributed by atoms with Crippen molar-refractivity contribution in [1.29, 1.82) is 0 Å². The predicted molar refractivity (Wildman–Crippen MR) is 70.6 cm³/mol. The van der Waals surface area contributed by atoms with E-state index in [2.05, 4.69) is 0 Å². The first-order valence-electron chi connectivity index (χ1n) is 5.52. The summed E-state index contributed by atoms with van der Waals surface area (Å²) in [6.45, 7) is 1.18. The van der Waals surface area contributed by atoms with Crippen molar-refractivity contribution in [2.75, 3.05) is 21.3 Å². The molecule has 0 aromatic heterocycles. The first-order valence-corrected chi connectivity index (χ1v) is 5.52. The van der Waals surface area contributed by atoms with Crippen molar-refractivity contribution in [1.82, 2.24) is 0 Å². The lowest BCUT2D eigenvalue weighted by Crippen LogP contribution is -2.57. The molecule has 2 atom stereocenters. The van der Waals surface area contributed by atoms with Crippen molar-refractivity contribution < 1.29 is 24.4 Å². The highest BCUT2D eigenvalue weighted by Crippen LogP contribution is 2.41. The summed E-state index contributed by atoms with van der Waals surface area (Å²) < 4.78 is 15.4. The standard InChI is InChI=1S/C12H18BNO5/c1-11(14,15)12(13,16)7-5-9(18-3)10(19-4)6-8(7)17-2/h5-6,15-16H,14H2,1-4H3. The molecule has 0 amide bonds. The molecule has 6 nitrogen and oxygen atoms in total. The largest absolute Gasteiger partial charge is 0.496 e. The average molecular weight is 267 g/mol. The second-order valence-electron chi connectivity index (χ2n) is 4.32. The van der Waals surface area contributed by atoms with Crippen LogP contribution in [0.3, 0.4) is 0 Å². The molecular weight excluding hydrogens is 249 g/mol. The van der Waals surface area contributed by atoms with Gasteiger partial charge in [0.05, 0.1) is 26.8 Å². The van der Waals surface area contributed by atoms with Gasteiger partial charge in [0, 0.05) is 11.6 Å². The van der Waals surface area contributed by atoms with Crippen LogP contribution >= 0.6 is 0 Å². The number of aliphatic hydroxyl groups is 2. The van der Waals surface area contributed by atoms with Crippen LogP contribution in [-0.4, -0.2) is 45.1 Å². The fraction of sp³-hybridized carbons (Fsp3) is 0.500. The quantitative estimate of drug-likeness (QED) is 0.500. The summed E-state index contributed by atoms with van der Waals surface area (Å²) in [5.74, 6) is 0.940. The summed E-state index contributed by atoms with van der Waals surface area (Å²) in [5.41, 5.74) is 1.27. The molecule has 1 aromatic carbocycles. The van der Waals surface area contributed by atoms with Gasteiger partial charge in [-0.05, 0) is 13.0 Å². The van der Waals surface area contributed by atoms with Crippen LogP contribution in [0.25, 0.3) is 0 Å². The van der Waals surface area contributed by atoms with Gasteiger partial charge in [0.15, 0.2) is 11.5 Å². The van der Waals surface area contributed by atoms with Crippen LogP contribution in [0.1, 0.15) is 12.5 Å². The Hall–Kier alpha value is -1.44.